The van der Waals surface area contributed by atoms with E-state index in [1.165, 1.54) is 0 Å². The molecule has 3 rings (SSSR count). The third-order valence-electron chi connectivity index (χ3n) is 4.95. The highest BCUT2D eigenvalue weighted by Crippen LogP contribution is 2.32. The summed E-state index contributed by atoms with van der Waals surface area (Å²) in [6, 6.07) is 14.1. The second kappa shape index (κ2) is 10.8. The summed E-state index contributed by atoms with van der Waals surface area (Å²) in [7, 11) is 0. The monoisotopic (exact) mass is 470 g/mol. The number of aliphatic carboxylic acids is 1. The van der Waals surface area contributed by atoms with Gasteiger partial charge in [-0.3, -0.25) is 14.9 Å². The largest absolute Gasteiger partial charge is 0.481 e. The first-order valence-corrected chi connectivity index (χ1v) is 10.6. The summed E-state index contributed by atoms with van der Waals surface area (Å²) in [5.41, 5.74) is 2.92. The quantitative estimate of drug-likeness (QED) is 0.418. The molecule has 0 saturated heterocycles. The fraction of sp³-hybridized carbons (Fsp3) is 0.250. The van der Waals surface area contributed by atoms with Crippen molar-refractivity contribution in [3.63, 3.8) is 0 Å². The van der Waals surface area contributed by atoms with Crippen LogP contribution in [0, 0.1) is 6.92 Å². The number of carbonyl (C=O) groups is 3. The first-order valence-electron chi connectivity index (χ1n) is 10.3. The van der Waals surface area contributed by atoms with Crippen LogP contribution in [0.25, 0.3) is 11.3 Å². The number of amides is 1. The fourth-order valence-electron chi connectivity index (χ4n) is 3.21. The van der Waals surface area contributed by atoms with Crippen LogP contribution < -0.4 is 5.32 Å². The molecular weight excluding hydrogens is 448 g/mol. The van der Waals surface area contributed by atoms with Crippen molar-refractivity contribution in [2.75, 3.05) is 5.32 Å². The van der Waals surface area contributed by atoms with Crippen LogP contribution in [0.15, 0.2) is 53.1 Å². The van der Waals surface area contributed by atoms with Crippen molar-refractivity contribution >= 4 is 35.1 Å². The van der Waals surface area contributed by atoms with E-state index in [1.807, 2.05) is 6.07 Å². The smallest absolute Gasteiger partial charge is 0.412 e. The number of rotatable bonds is 9. The van der Waals surface area contributed by atoms with Gasteiger partial charge in [0.15, 0.2) is 5.76 Å². The van der Waals surface area contributed by atoms with E-state index in [4.69, 9.17) is 26.0 Å². The van der Waals surface area contributed by atoms with Crippen molar-refractivity contribution in [3.8, 4) is 11.3 Å². The average Bonchev–Trinajstić information content (AvgIpc) is 3.13. The van der Waals surface area contributed by atoms with Gasteiger partial charge in [0.25, 0.3) is 0 Å². The highest BCUT2D eigenvalue weighted by molar-refractivity contribution is 6.31. The number of nitrogens with zero attached hydrogens (tertiary/aromatic N) is 1. The van der Waals surface area contributed by atoms with Gasteiger partial charge < -0.3 is 14.4 Å². The van der Waals surface area contributed by atoms with E-state index in [0.29, 0.717) is 33.3 Å². The van der Waals surface area contributed by atoms with E-state index >= 15 is 0 Å². The van der Waals surface area contributed by atoms with Crippen molar-refractivity contribution < 1.29 is 28.8 Å². The molecule has 1 amide bonds. The van der Waals surface area contributed by atoms with Crippen molar-refractivity contribution in [1.29, 1.82) is 0 Å². The molecule has 0 spiro atoms. The SMILES string of the molecule is Cc1noc(-c2ccc(CC(=O)CCC(=O)O)cc2)c1NC(=O)O[C@H](C)c1ccccc1Cl. The Balaban J connectivity index is 1.68. The summed E-state index contributed by atoms with van der Waals surface area (Å²) >= 11 is 6.17. The lowest BCUT2D eigenvalue weighted by molar-refractivity contribution is -0.138. The molecule has 0 bridgehead atoms. The zero-order valence-electron chi connectivity index (χ0n) is 18.1. The van der Waals surface area contributed by atoms with E-state index in [0.717, 1.165) is 5.56 Å². The zero-order chi connectivity index (χ0) is 24.0. The minimum atomic E-state index is -1.00. The van der Waals surface area contributed by atoms with E-state index in [1.54, 1.807) is 56.3 Å². The zero-order valence-corrected chi connectivity index (χ0v) is 18.9. The highest BCUT2D eigenvalue weighted by atomic mass is 35.5. The topological polar surface area (TPSA) is 119 Å². The normalized spacial score (nSPS) is 11.6. The molecule has 0 unspecified atom stereocenters. The van der Waals surface area contributed by atoms with Crippen molar-refractivity contribution in [2.24, 2.45) is 0 Å². The standard InChI is InChI=1S/C24H23ClN2O6/c1-14-22(26-24(31)32-15(2)19-5-3-4-6-20(19)25)23(33-27-14)17-9-7-16(8-10-17)13-18(28)11-12-21(29)30/h3-10,15H,11-13H2,1-2H3,(H,26,31)(H,29,30)/t15-/m1/s1. The maximum atomic E-state index is 12.5. The molecule has 172 valence electrons. The van der Waals surface area contributed by atoms with Crippen LogP contribution in [0.5, 0.6) is 0 Å². The highest BCUT2D eigenvalue weighted by Gasteiger charge is 2.20. The summed E-state index contributed by atoms with van der Waals surface area (Å²) < 4.78 is 10.9. The Morgan fingerprint density at radius 3 is 2.48 bits per heavy atom. The number of aryl methyl sites for hydroxylation is 1. The number of hydrogen-bond donors (Lipinski definition) is 2. The van der Waals surface area contributed by atoms with E-state index in [2.05, 4.69) is 10.5 Å². The number of benzene rings is 2. The van der Waals surface area contributed by atoms with Crippen molar-refractivity contribution in [2.45, 2.75) is 39.2 Å². The Labute approximate surface area is 195 Å². The van der Waals surface area contributed by atoms with Gasteiger partial charge in [0, 0.05) is 29.0 Å². The van der Waals surface area contributed by atoms with Gasteiger partial charge in [-0.25, -0.2) is 4.79 Å². The molecule has 0 fully saturated rings. The van der Waals surface area contributed by atoms with Crippen LogP contribution >= 0.6 is 11.6 Å². The Bertz CT molecular complexity index is 1160. The number of halogens is 1. The molecule has 0 saturated carbocycles. The van der Waals surface area contributed by atoms with Gasteiger partial charge >= 0.3 is 12.1 Å². The van der Waals surface area contributed by atoms with Crippen LogP contribution in [0.1, 0.15) is 42.7 Å². The predicted molar refractivity (Wildman–Crippen MR) is 122 cm³/mol. The van der Waals surface area contributed by atoms with Crippen molar-refractivity contribution in [1.82, 2.24) is 5.16 Å². The summed E-state index contributed by atoms with van der Waals surface area (Å²) in [6.45, 7) is 3.41. The molecule has 8 nitrogen and oxygen atoms in total. The number of Topliss-reactive ketones (excluding diaryl/α,β-unsaturated/α-hetero) is 1. The lowest BCUT2D eigenvalue weighted by Crippen LogP contribution is -2.17. The molecular formula is C24H23ClN2O6. The van der Waals surface area contributed by atoms with E-state index < -0.39 is 18.2 Å². The number of ether oxygens (including phenoxy) is 1. The number of ketones is 1. The number of carboxylic acid groups (broad SMARTS) is 1. The van der Waals surface area contributed by atoms with E-state index in [-0.39, 0.29) is 25.0 Å². The summed E-state index contributed by atoms with van der Waals surface area (Å²) in [6.07, 6.45) is -1.31. The minimum absolute atomic E-state index is 0.0127. The summed E-state index contributed by atoms with van der Waals surface area (Å²) in [5, 5.41) is 15.8. The maximum absolute atomic E-state index is 12.5. The predicted octanol–water partition coefficient (Wildman–Crippen LogP) is 5.59. The number of nitrogens with one attached hydrogen (secondary N) is 1. The van der Waals surface area contributed by atoms with Gasteiger partial charge in [0.1, 0.15) is 23.3 Å². The molecule has 9 heteroatoms. The second-order valence-electron chi connectivity index (χ2n) is 7.47. The van der Waals surface area contributed by atoms with Gasteiger partial charge in [-0.05, 0) is 25.5 Å². The van der Waals surface area contributed by atoms with Gasteiger partial charge in [0.05, 0.1) is 6.42 Å². The lowest BCUT2D eigenvalue weighted by atomic mass is 10.0. The third-order valence-corrected chi connectivity index (χ3v) is 5.30. The van der Waals surface area contributed by atoms with Gasteiger partial charge in [0.2, 0.25) is 0 Å². The molecule has 0 radical (unpaired) electrons. The first-order chi connectivity index (χ1) is 15.7. The fourth-order valence-corrected chi connectivity index (χ4v) is 3.50. The Morgan fingerprint density at radius 2 is 1.82 bits per heavy atom. The maximum Gasteiger partial charge on any atom is 0.412 e. The molecule has 0 aliphatic heterocycles. The molecule has 2 aromatic carbocycles. The lowest BCUT2D eigenvalue weighted by Gasteiger charge is -2.15. The Kier molecular flexibility index (Phi) is 7.84. The molecule has 0 aliphatic rings. The molecule has 1 atom stereocenters. The number of aromatic nitrogens is 1. The average molecular weight is 471 g/mol. The molecule has 3 aromatic rings. The van der Waals surface area contributed by atoms with Crippen molar-refractivity contribution in [3.05, 3.63) is 70.4 Å². The van der Waals surface area contributed by atoms with Crippen LogP contribution in [-0.2, 0) is 20.7 Å². The third kappa shape index (κ3) is 6.43. The number of hydrogen-bond acceptors (Lipinski definition) is 6. The molecule has 1 heterocycles. The Morgan fingerprint density at radius 1 is 1.12 bits per heavy atom. The van der Waals surface area contributed by atoms with Crippen LogP contribution in [0.2, 0.25) is 5.02 Å². The molecule has 0 aliphatic carbocycles. The number of carboxylic acids is 1. The molecule has 2 N–H and O–H groups in total. The summed E-state index contributed by atoms with van der Waals surface area (Å²) in [4.78, 5) is 35.0. The van der Waals surface area contributed by atoms with E-state index in [9.17, 15) is 14.4 Å². The number of carbonyl (C=O) groups excluding carboxylic acids is 2. The summed E-state index contributed by atoms with van der Waals surface area (Å²) in [5.74, 6) is -0.809. The van der Waals surface area contributed by atoms with Gasteiger partial charge in [-0.2, -0.15) is 0 Å². The van der Waals surface area contributed by atoms with Crippen LogP contribution in [0.4, 0.5) is 10.5 Å². The molecule has 1 aromatic heterocycles. The second-order valence-corrected chi connectivity index (χ2v) is 7.88. The Hall–Kier alpha value is -3.65. The number of anilines is 1. The minimum Gasteiger partial charge on any atom is -0.481 e. The van der Waals surface area contributed by atoms with Gasteiger partial charge in [-0.1, -0.05) is 59.2 Å². The van der Waals surface area contributed by atoms with Gasteiger partial charge in [-0.15, -0.1) is 0 Å². The van der Waals surface area contributed by atoms with Crippen LogP contribution in [-0.4, -0.2) is 28.1 Å². The van der Waals surface area contributed by atoms with Crippen LogP contribution in [0.3, 0.4) is 0 Å². The molecule has 33 heavy (non-hydrogen) atoms. The first kappa shape index (κ1) is 24.0.